The molecule has 0 saturated heterocycles. The number of nitrogens with one attached hydrogen (secondary N) is 2. The molecule has 1 aliphatic rings. The largest absolute Gasteiger partial charge is 0.350 e. The summed E-state index contributed by atoms with van der Waals surface area (Å²) < 4.78 is 0. The van der Waals surface area contributed by atoms with Crippen LogP contribution in [0.5, 0.6) is 0 Å². The molecular weight excluding hydrogens is 366 g/mol. The lowest BCUT2D eigenvalue weighted by atomic mass is 9.75. The second kappa shape index (κ2) is 7.95. The zero-order chi connectivity index (χ0) is 21.3. The molecular formula is C23H29N3O3. The second-order valence-electron chi connectivity index (χ2n) is 8.98. The monoisotopic (exact) mass is 395 g/mol. The van der Waals surface area contributed by atoms with E-state index in [0.29, 0.717) is 30.0 Å². The van der Waals surface area contributed by atoms with Gasteiger partial charge in [0, 0.05) is 30.3 Å². The number of aromatic nitrogens is 1. The molecule has 1 amide bonds. The van der Waals surface area contributed by atoms with Gasteiger partial charge in [-0.15, -0.1) is 0 Å². The van der Waals surface area contributed by atoms with Crippen molar-refractivity contribution in [1.82, 2.24) is 10.3 Å². The molecule has 1 aromatic carbocycles. The minimum Gasteiger partial charge on any atom is -0.350 e. The molecule has 29 heavy (non-hydrogen) atoms. The second-order valence-corrected chi connectivity index (χ2v) is 8.98. The number of hydrogen-bond acceptors (Lipinski definition) is 4. The maximum atomic E-state index is 12.6. The third-order valence-corrected chi connectivity index (χ3v) is 5.48. The third-order valence-electron chi connectivity index (χ3n) is 5.48. The number of Topliss-reactive ketones (excluding diaryl/α,β-unsaturated/α-hetero) is 1. The van der Waals surface area contributed by atoms with E-state index >= 15 is 0 Å². The molecule has 154 valence electrons. The molecule has 1 heterocycles. The van der Waals surface area contributed by atoms with Gasteiger partial charge in [0.25, 0.3) is 11.5 Å². The van der Waals surface area contributed by atoms with Gasteiger partial charge in [-0.05, 0) is 34.9 Å². The van der Waals surface area contributed by atoms with Gasteiger partial charge in [-0.1, -0.05) is 52.0 Å². The molecule has 2 aromatic rings. The summed E-state index contributed by atoms with van der Waals surface area (Å²) in [6.45, 7) is 8.41. The maximum Gasteiger partial charge on any atom is 0.261 e. The molecule has 0 radical (unpaired) electrons. The van der Waals surface area contributed by atoms with Crippen molar-refractivity contribution in [3.05, 3.63) is 68.6 Å². The minimum atomic E-state index is -0.527. The van der Waals surface area contributed by atoms with Gasteiger partial charge in [0.15, 0.2) is 5.78 Å². The zero-order valence-corrected chi connectivity index (χ0v) is 17.5. The van der Waals surface area contributed by atoms with Crippen molar-refractivity contribution in [3.8, 4) is 0 Å². The molecule has 4 N–H and O–H groups in total. The number of pyridine rings is 1. The van der Waals surface area contributed by atoms with Crippen molar-refractivity contribution in [1.29, 1.82) is 0 Å². The Hall–Kier alpha value is -2.73. The van der Waals surface area contributed by atoms with Crippen LogP contribution in [0.2, 0.25) is 0 Å². The van der Waals surface area contributed by atoms with Gasteiger partial charge in [-0.2, -0.15) is 0 Å². The normalized spacial score (nSPS) is 16.4. The van der Waals surface area contributed by atoms with Gasteiger partial charge >= 0.3 is 0 Å². The molecule has 0 spiro atoms. The van der Waals surface area contributed by atoms with Crippen LogP contribution in [0.3, 0.4) is 0 Å². The van der Waals surface area contributed by atoms with Crippen LogP contribution >= 0.6 is 0 Å². The summed E-state index contributed by atoms with van der Waals surface area (Å²) in [6.07, 6.45) is 0.993. The number of aromatic amines is 1. The first-order valence-electron chi connectivity index (χ1n) is 10.0. The van der Waals surface area contributed by atoms with E-state index in [1.165, 1.54) is 11.6 Å². The summed E-state index contributed by atoms with van der Waals surface area (Å²) in [4.78, 5) is 40.1. The van der Waals surface area contributed by atoms with Crippen LogP contribution in [-0.4, -0.2) is 23.2 Å². The van der Waals surface area contributed by atoms with Gasteiger partial charge in [0.05, 0.1) is 0 Å². The standard InChI is InChI=1S/C23H29N3O3/c1-13(2)14-5-7-15(8-6-14)18(24)12-25-21(28)17-9-16-19(26-22(17)29)10-23(3,4)11-20(16)27/h5-9,13,18H,10-12,24H2,1-4H3,(H,25,28)(H,26,29). The number of carbonyl (C=O) groups is 2. The molecule has 0 fully saturated rings. The van der Waals surface area contributed by atoms with Gasteiger partial charge in [-0.25, -0.2) is 0 Å². The van der Waals surface area contributed by atoms with Crippen LogP contribution in [0.1, 0.15) is 83.6 Å². The highest BCUT2D eigenvalue weighted by atomic mass is 16.2. The van der Waals surface area contributed by atoms with E-state index in [9.17, 15) is 14.4 Å². The first-order chi connectivity index (χ1) is 13.6. The average Bonchev–Trinajstić information content (AvgIpc) is 2.64. The number of fused-ring (bicyclic) bond motifs is 1. The van der Waals surface area contributed by atoms with E-state index in [-0.39, 0.29) is 29.3 Å². The predicted molar refractivity (Wildman–Crippen MR) is 113 cm³/mol. The van der Waals surface area contributed by atoms with E-state index < -0.39 is 11.5 Å². The van der Waals surface area contributed by atoms with Crippen molar-refractivity contribution in [3.63, 3.8) is 0 Å². The molecule has 0 saturated carbocycles. The quantitative estimate of drug-likeness (QED) is 0.723. The smallest absolute Gasteiger partial charge is 0.261 e. The molecule has 1 aromatic heterocycles. The average molecular weight is 396 g/mol. The maximum absolute atomic E-state index is 12.6. The van der Waals surface area contributed by atoms with Crippen LogP contribution < -0.4 is 16.6 Å². The van der Waals surface area contributed by atoms with Crippen molar-refractivity contribution < 1.29 is 9.59 Å². The Labute approximate surface area is 170 Å². The van der Waals surface area contributed by atoms with Crippen LogP contribution in [0.25, 0.3) is 0 Å². The Morgan fingerprint density at radius 1 is 1.14 bits per heavy atom. The summed E-state index contributed by atoms with van der Waals surface area (Å²) >= 11 is 0. The fraction of sp³-hybridized carbons (Fsp3) is 0.435. The first kappa shape index (κ1) is 21.0. The number of ketones is 1. The molecule has 0 bridgehead atoms. The van der Waals surface area contributed by atoms with Crippen LogP contribution in [0.15, 0.2) is 35.1 Å². The molecule has 1 unspecified atom stereocenters. The minimum absolute atomic E-state index is 0.0523. The van der Waals surface area contributed by atoms with Gasteiger partial charge in [0.1, 0.15) is 5.56 Å². The third kappa shape index (κ3) is 4.65. The lowest BCUT2D eigenvalue weighted by Gasteiger charge is -2.29. The van der Waals surface area contributed by atoms with E-state index in [0.717, 1.165) is 5.56 Å². The number of H-pyrrole nitrogens is 1. The Morgan fingerprint density at radius 2 is 1.76 bits per heavy atom. The molecule has 6 heteroatoms. The Balaban J connectivity index is 1.72. The number of hydrogen-bond donors (Lipinski definition) is 3. The topological polar surface area (TPSA) is 105 Å². The van der Waals surface area contributed by atoms with Crippen molar-refractivity contribution >= 4 is 11.7 Å². The number of carbonyl (C=O) groups excluding carboxylic acids is 2. The Kier molecular flexibility index (Phi) is 5.75. The number of nitrogens with two attached hydrogens (primary N) is 1. The number of amides is 1. The van der Waals surface area contributed by atoms with Crippen molar-refractivity contribution in [2.75, 3.05) is 6.54 Å². The van der Waals surface area contributed by atoms with E-state index in [1.54, 1.807) is 0 Å². The summed E-state index contributed by atoms with van der Waals surface area (Å²) in [7, 11) is 0. The fourth-order valence-electron chi connectivity index (χ4n) is 3.74. The molecule has 6 nitrogen and oxygen atoms in total. The Bertz CT molecular complexity index is 987. The van der Waals surface area contributed by atoms with E-state index in [4.69, 9.17) is 5.73 Å². The summed E-state index contributed by atoms with van der Waals surface area (Å²) in [5, 5.41) is 2.72. The lowest BCUT2D eigenvalue weighted by molar-refractivity contribution is 0.0910. The van der Waals surface area contributed by atoms with Crippen molar-refractivity contribution in [2.45, 2.75) is 52.5 Å². The zero-order valence-electron chi connectivity index (χ0n) is 17.5. The van der Waals surface area contributed by atoms with Crippen LogP contribution in [-0.2, 0) is 6.42 Å². The highest BCUT2D eigenvalue weighted by Gasteiger charge is 2.32. The predicted octanol–water partition coefficient (Wildman–Crippen LogP) is 3.08. The molecule has 0 aliphatic heterocycles. The highest BCUT2D eigenvalue weighted by Crippen LogP contribution is 2.33. The number of rotatable bonds is 5. The highest BCUT2D eigenvalue weighted by molar-refractivity contribution is 6.02. The van der Waals surface area contributed by atoms with E-state index in [1.807, 2.05) is 38.1 Å². The van der Waals surface area contributed by atoms with Gasteiger partial charge in [-0.3, -0.25) is 14.4 Å². The summed E-state index contributed by atoms with van der Waals surface area (Å²) in [6, 6.07) is 9.01. The SMILES string of the molecule is CC(C)c1ccc(C(N)CNC(=O)c2cc3c([nH]c2=O)CC(C)(C)CC3=O)cc1. The summed E-state index contributed by atoms with van der Waals surface area (Å²) in [5.41, 5.74) is 8.62. The summed E-state index contributed by atoms with van der Waals surface area (Å²) in [5.74, 6) is -0.145. The molecule has 1 atom stereocenters. The van der Waals surface area contributed by atoms with Crippen molar-refractivity contribution in [2.24, 2.45) is 11.1 Å². The number of benzene rings is 1. The first-order valence-corrected chi connectivity index (χ1v) is 10.0. The van der Waals surface area contributed by atoms with E-state index in [2.05, 4.69) is 24.1 Å². The van der Waals surface area contributed by atoms with Gasteiger partial charge < -0.3 is 16.0 Å². The van der Waals surface area contributed by atoms with Gasteiger partial charge in [0.2, 0.25) is 0 Å². The fourth-order valence-corrected chi connectivity index (χ4v) is 3.74. The van der Waals surface area contributed by atoms with Crippen LogP contribution in [0, 0.1) is 5.41 Å². The van der Waals surface area contributed by atoms with Crippen LogP contribution in [0.4, 0.5) is 0 Å². The Morgan fingerprint density at radius 3 is 2.38 bits per heavy atom. The molecule has 3 rings (SSSR count). The molecule has 1 aliphatic carbocycles. The lowest BCUT2D eigenvalue weighted by Crippen LogP contribution is -2.37.